The molecule has 0 aliphatic rings. The maximum Gasteiger partial charge on any atom is 0.157 e. The van der Waals surface area contributed by atoms with Crippen LogP contribution in [0.25, 0.3) is 0 Å². The van der Waals surface area contributed by atoms with E-state index in [9.17, 15) is 8.42 Å². The molecule has 4 heteroatoms. The molecule has 274 valence electrons. The zero-order valence-electron chi connectivity index (χ0n) is 32.9. The van der Waals surface area contributed by atoms with Crippen molar-refractivity contribution in [3.63, 3.8) is 0 Å². The Morgan fingerprint density at radius 1 is 0.521 bits per heavy atom. The highest BCUT2D eigenvalue weighted by Crippen LogP contribution is 2.22. The fraction of sp³-hybridized carbons (Fsp3) is 0.636. The average Bonchev–Trinajstić information content (AvgIpc) is 3.00. The van der Waals surface area contributed by atoms with Gasteiger partial charge in [-0.2, -0.15) is 0 Å². The summed E-state index contributed by atoms with van der Waals surface area (Å²) in [5.41, 5.74) is 10.6. The van der Waals surface area contributed by atoms with Gasteiger partial charge in [-0.3, -0.25) is 0 Å². The van der Waals surface area contributed by atoms with E-state index in [0.29, 0.717) is 12.8 Å². The van der Waals surface area contributed by atoms with E-state index in [1.807, 2.05) is 26.8 Å². The first-order valence-corrected chi connectivity index (χ1v) is 20.5. The first kappa shape index (κ1) is 45.8. The van der Waals surface area contributed by atoms with E-state index in [-0.39, 0.29) is 12.4 Å². The molecule has 1 N–H and O–H groups in total. The number of hydrogen-bond acceptors (Lipinski definition) is 3. The number of sulfone groups is 1. The van der Waals surface area contributed by atoms with Crippen LogP contribution in [0.3, 0.4) is 0 Å². The van der Waals surface area contributed by atoms with Crippen LogP contribution in [0.15, 0.2) is 93.2 Å². The van der Waals surface area contributed by atoms with Crippen LogP contribution in [-0.4, -0.2) is 31.1 Å². The van der Waals surface area contributed by atoms with Crippen molar-refractivity contribution in [2.24, 2.45) is 0 Å². The number of rotatable bonds is 26. The Labute approximate surface area is 298 Å². The molecule has 1 atom stereocenters. The average molecular weight is 683 g/mol. The van der Waals surface area contributed by atoms with Gasteiger partial charge in [0.2, 0.25) is 0 Å². The number of allylic oxidation sites excluding steroid dienone is 14. The lowest BCUT2D eigenvalue weighted by Gasteiger charge is -2.18. The normalized spacial score (nSPS) is 15.3. The molecule has 0 aromatic carbocycles. The van der Waals surface area contributed by atoms with E-state index in [0.717, 1.165) is 88.2 Å². The van der Waals surface area contributed by atoms with E-state index in [2.05, 4.69) is 91.0 Å². The third-order valence-corrected chi connectivity index (χ3v) is 11.4. The molecular weight excluding hydrogens is 609 g/mol. The monoisotopic (exact) mass is 683 g/mol. The molecular formula is C44H74O3S. The Morgan fingerprint density at radius 3 is 1.25 bits per heavy atom. The van der Waals surface area contributed by atoms with Gasteiger partial charge in [0.15, 0.2) is 9.84 Å². The molecule has 0 spiro atoms. The molecule has 0 radical (unpaired) electrons. The minimum Gasteiger partial charge on any atom is -0.392 e. The Balaban J connectivity index is 4.80. The molecule has 0 heterocycles. The van der Waals surface area contributed by atoms with E-state index in [1.165, 1.54) is 39.9 Å². The summed E-state index contributed by atoms with van der Waals surface area (Å²) in [5.74, 6) is 0.247. The van der Waals surface area contributed by atoms with Gasteiger partial charge in [-0.1, -0.05) is 107 Å². The quantitative estimate of drug-likeness (QED) is 0.0924. The number of unbranched alkanes of at least 4 members (excludes halogenated alkanes) is 1. The molecule has 3 nitrogen and oxygen atoms in total. The van der Waals surface area contributed by atoms with Crippen LogP contribution in [-0.2, 0) is 9.84 Å². The summed E-state index contributed by atoms with van der Waals surface area (Å²) in [5, 5.41) is 8.64. The summed E-state index contributed by atoms with van der Waals surface area (Å²) in [6.45, 7) is 21.5. The Morgan fingerprint density at radius 2 is 0.875 bits per heavy atom. The van der Waals surface area contributed by atoms with Crippen LogP contribution in [0, 0.1) is 0 Å². The Hall–Kier alpha value is -2.17. The van der Waals surface area contributed by atoms with Crippen LogP contribution >= 0.6 is 0 Å². The zero-order valence-corrected chi connectivity index (χ0v) is 33.7. The van der Waals surface area contributed by atoms with Crippen molar-refractivity contribution in [2.75, 3.05) is 12.4 Å². The molecule has 0 aromatic rings. The molecule has 0 amide bonds. The number of aliphatic hydroxyl groups is 1. The van der Waals surface area contributed by atoms with Crippen LogP contribution in [0.2, 0.25) is 0 Å². The molecule has 0 fully saturated rings. The fourth-order valence-corrected chi connectivity index (χ4v) is 7.64. The van der Waals surface area contributed by atoms with Gasteiger partial charge in [-0.15, -0.1) is 0 Å². The standard InChI is InChI=1S/C44H74O3S/c1-11-12-35-48(46,47)44(43(10)30-18-29-42(9)33-34-45)32-31-41(8)28-17-27-40(7)26-16-25-39(6)24-15-23-38(5)22-14-21-37(4)20-13-19-36(2)3/h19,21,23,25,27,30-31,33,44-45H,11-18,20,22,24,26,28-29,32,34-35H2,1-10H3/b37-21?,38-23?,39-25?,40-27?,41-31?,42-33+,43-30?. The van der Waals surface area contributed by atoms with Gasteiger partial charge in [0, 0.05) is 0 Å². The molecule has 0 bridgehead atoms. The van der Waals surface area contributed by atoms with Crippen molar-refractivity contribution >= 4 is 9.84 Å². The van der Waals surface area contributed by atoms with E-state index >= 15 is 0 Å². The van der Waals surface area contributed by atoms with Crippen molar-refractivity contribution in [3.05, 3.63) is 93.2 Å². The number of aliphatic hydroxyl groups excluding tert-OH is 1. The largest absolute Gasteiger partial charge is 0.392 e. The van der Waals surface area contributed by atoms with Crippen LogP contribution in [0.4, 0.5) is 0 Å². The SMILES string of the molecule is CCCCS(=O)(=O)C(CC=C(C)CCC=C(C)CCC=C(C)CCC=C(C)CCC=C(C)CCC=C(C)C)C(C)=CCC/C(C)=C/CO. The lowest BCUT2D eigenvalue weighted by molar-refractivity contribution is 0.341. The first-order chi connectivity index (χ1) is 22.7. The van der Waals surface area contributed by atoms with Gasteiger partial charge < -0.3 is 5.11 Å². The highest BCUT2D eigenvalue weighted by Gasteiger charge is 2.25. The third-order valence-electron chi connectivity index (χ3n) is 9.07. The van der Waals surface area contributed by atoms with Gasteiger partial charge in [-0.25, -0.2) is 8.42 Å². The minimum atomic E-state index is -3.21. The molecule has 0 aliphatic heterocycles. The smallest absolute Gasteiger partial charge is 0.157 e. The first-order valence-electron chi connectivity index (χ1n) is 18.8. The summed E-state index contributed by atoms with van der Waals surface area (Å²) < 4.78 is 26.5. The van der Waals surface area contributed by atoms with E-state index in [4.69, 9.17) is 5.11 Å². The Bertz CT molecular complexity index is 1260. The second-order valence-electron chi connectivity index (χ2n) is 14.4. The highest BCUT2D eigenvalue weighted by atomic mass is 32.2. The Kier molecular flexibility index (Phi) is 26.4. The summed E-state index contributed by atoms with van der Waals surface area (Å²) in [4.78, 5) is 0. The van der Waals surface area contributed by atoms with E-state index in [1.54, 1.807) is 0 Å². The van der Waals surface area contributed by atoms with Crippen molar-refractivity contribution in [2.45, 2.75) is 171 Å². The van der Waals surface area contributed by atoms with Gasteiger partial charge in [-0.05, 0) is 152 Å². The second kappa shape index (κ2) is 27.6. The minimum absolute atomic E-state index is 0.0481. The molecule has 48 heavy (non-hydrogen) atoms. The zero-order chi connectivity index (χ0) is 36.4. The molecule has 0 rings (SSSR count). The van der Waals surface area contributed by atoms with Crippen molar-refractivity contribution < 1.29 is 13.5 Å². The topological polar surface area (TPSA) is 54.4 Å². The van der Waals surface area contributed by atoms with Gasteiger partial charge in [0.1, 0.15) is 0 Å². The van der Waals surface area contributed by atoms with Crippen LogP contribution < -0.4 is 0 Å². The lowest BCUT2D eigenvalue weighted by Crippen LogP contribution is -2.25. The maximum absolute atomic E-state index is 13.2. The number of hydrogen-bond donors (Lipinski definition) is 1. The van der Waals surface area contributed by atoms with Gasteiger partial charge >= 0.3 is 0 Å². The summed E-state index contributed by atoms with van der Waals surface area (Å²) in [6.07, 6.45) is 32.7. The van der Waals surface area contributed by atoms with Crippen molar-refractivity contribution in [3.8, 4) is 0 Å². The summed E-state index contributed by atoms with van der Waals surface area (Å²) in [6, 6.07) is 0. The fourth-order valence-electron chi connectivity index (χ4n) is 5.61. The second-order valence-corrected chi connectivity index (χ2v) is 16.7. The van der Waals surface area contributed by atoms with Crippen molar-refractivity contribution in [1.82, 2.24) is 0 Å². The van der Waals surface area contributed by atoms with Crippen LogP contribution in [0.1, 0.15) is 166 Å². The summed E-state index contributed by atoms with van der Waals surface area (Å²) in [7, 11) is -3.21. The lowest BCUT2D eigenvalue weighted by atomic mass is 10.0. The molecule has 0 saturated carbocycles. The van der Waals surface area contributed by atoms with Gasteiger partial charge in [0.25, 0.3) is 0 Å². The molecule has 0 aromatic heterocycles. The third kappa shape index (κ3) is 24.9. The maximum atomic E-state index is 13.2. The van der Waals surface area contributed by atoms with E-state index < -0.39 is 15.1 Å². The summed E-state index contributed by atoms with van der Waals surface area (Å²) >= 11 is 0. The molecule has 0 aliphatic carbocycles. The van der Waals surface area contributed by atoms with Crippen molar-refractivity contribution in [1.29, 1.82) is 0 Å². The predicted octanol–water partition coefficient (Wildman–Crippen LogP) is 13.2. The van der Waals surface area contributed by atoms with Crippen LogP contribution in [0.5, 0.6) is 0 Å². The molecule has 1 unspecified atom stereocenters. The predicted molar refractivity (Wildman–Crippen MR) is 215 cm³/mol. The highest BCUT2D eigenvalue weighted by molar-refractivity contribution is 7.92. The van der Waals surface area contributed by atoms with Gasteiger partial charge in [0.05, 0.1) is 17.6 Å². The molecule has 0 saturated heterocycles.